The Bertz CT molecular complexity index is 795. The Morgan fingerprint density at radius 3 is 2.45 bits per heavy atom. The zero-order valence-electron chi connectivity index (χ0n) is 11.9. The third kappa shape index (κ3) is 3.20. The lowest BCUT2D eigenvalue weighted by molar-refractivity contribution is -0.385. The van der Waals surface area contributed by atoms with Crippen molar-refractivity contribution in [2.45, 2.75) is 16.7 Å². The number of hydrogen-bond acceptors (Lipinski definition) is 4. The fourth-order valence-corrected chi connectivity index (χ4v) is 2.99. The zero-order valence-corrected chi connectivity index (χ0v) is 12.7. The number of benzene rings is 2. The Hall–Kier alpha value is -2.53. The van der Waals surface area contributed by atoms with Gasteiger partial charge in [-0.1, -0.05) is 29.5 Å². The summed E-state index contributed by atoms with van der Waals surface area (Å²) in [6.45, 7) is 2.02. The number of nitro groups is 1. The van der Waals surface area contributed by atoms with E-state index in [1.54, 1.807) is 24.5 Å². The predicted octanol–water partition coefficient (Wildman–Crippen LogP) is 5.31. The molecule has 3 aromatic rings. The van der Waals surface area contributed by atoms with Crippen LogP contribution in [0.1, 0.15) is 5.56 Å². The molecule has 0 aliphatic rings. The van der Waals surface area contributed by atoms with Gasteiger partial charge in [0.2, 0.25) is 0 Å². The molecule has 0 bridgehead atoms. The van der Waals surface area contributed by atoms with Crippen LogP contribution in [0.5, 0.6) is 0 Å². The molecule has 0 unspecified atom stereocenters. The minimum atomic E-state index is -0.383. The first-order chi connectivity index (χ1) is 10.6. The van der Waals surface area contributed by atoms with Crippen LogP contribution in [0.25, 0.3) is 11.3 Å². The second-order valence-electron chi connectivity index (χ2n) is 4.87. The summed E-state index contributed by atoms with van der Waals surface area (Å²) < 4.78 is 5.34. The van der Waals surface area contributed by atoms with Crippen LogP contribution < -0.4 is 0 Å². The van der Waals surface area contributed by atoms with E-state index in [2.05, 4.69) is 0 Å². The van der Waals surface area contributed by atoms with Gasteiger partial charge in [0.25, 0.3) is 5.69 Å². The second-order valence-corrected chi connectivity index (χ2v) is 6.01. The summed E-state index contributed by atoms with van der Waals surface area (Å²) >= 11 is 1.49. The van der Waals surface area contributed by atoms with Crippen molar-refractivity contribution in [1.29, 1.82) is 0 Å². The lowest BCUT2D eigenvalue weighted by Gasteiger charge is -2.05. The smallest absolute Gasteiger partial charge is 0.271 e. The number of rotatable bonds is 4. The summed E-state index contributed by atoms with van der Waals surface area (Å²) in [7, 11) is 0. The maximum atomic E-state index is 11.1. The van der Waals surface area contributed by atoms with E-state index in [1.165, 1.54) is 23.4 Å². The molecule has 5 heteroatoms. The highest BCUT2D eigenvalue weighted by atomic mass is 32.2. The lowest BCUT2D eigenvalue weighted by atomic mass is 10.1. The van der Waals surface area contributed by atoms with Crippen LogP contribution in [0.3, 0.4) is 0 Å². The third-order valence-electron chi connectivity index (χ3n) is 3.16. The van der Waals surface area contributed by atoms with Gasteiger partial charge < -0.3 is 4.42 Å². The molecule has 2 aromatic carbocycles. The standard InChI is InChI=1S/C17H13NO3S/c1-12-4-6-15(7-5-12)22-16-10-13(17-3-2-8-21-17)9-14(11-16)18(19)20/h2-11H,1H3. The molecule has 0 saturated carbocycles. The van der Waals surface area contributed by atoms with Gasteiger partial charge in [0, 0.05) is 27.5 Å². The van der Waals surface area contributed by atoms with E-state index in [0.717, 1.165) is 9.79 Å². The van der Waals surface area contributed by atoms with Crippen molar-refractivity contribution in [3.8, 4) is 11.3 Å². The Morgan fingerprint density at radius 1 is 1.05 bits per heavy atom. The van der Waals surface area contributed by atoms with Crippen molar-refractivity contribution in [2.24, 2.45) is 0 Å². The van der Waals surface area contributed by atoms with Gasteiger partial charge in [-0.2, -0.15) is 0 Å². The Balaban J connectivity index is 1.99. The van der Waals surface area contributed by atoms with Gasteiger partial charge in [0.15, 0.2) is 0 Å². The topological polar surface area (TPSA) is 56.3 Å². The summed E-state index contributed by atoms with van der Waals surface area (Å²) in [5.41, 5.74) is 1.94. The molecule has 0 aliphatic heterocycles. The number of furan rings is 1. The molecule has 0 radical (unpaired) electrons. The molecular weight excluding hydrogens is 298 g/mol. The number of aryl methyl sites for hydroxylation is 1. The van der Waals surface area contributed by atoms with E-state index in [-0.39, 0.29) is 10.6 Å². The van der Waals surface area contributed by atoms with Gasteiger partial charge in [-0.05, 0) is 37.3 Å². The van der Waals surface area contributed by atoms with Crippen LogP contribution in [0, 0.1) is 17.0 Å². The summed E-state index contributed by atoms with van der Waals surface area (Å²) in [6, 6.07) is 16.6. The predicted molar refractivity (Wildman–Crippen MR) is 86.1 cm³/mol. The highest BCUT2D eigenvalue weighted by Crippen LogP contribution is 2.34. The molecule has 1 aromatic heterocycles. The monoisotopic (exact) mass is 311 g/mol. The van der Waals surface area contributed by atoms with Gasteiger partial charge in [-0.15, -0.1) is 0 Å². The average Bonchev–Trinajstić information content (AvgIpc) is 3.04. The summed E-state index contributed by atoms with van der Waals surface area (Å²) in [5.74, 6) is 0.620. The highest BCUT2D eigenvalue weighted by molar-refractivity contribution is 7.99. The SMILES string of the molecule is Cc1ccc(Sc2cc(-c3ccco3)cc([N+](=O)[O-])c2)cc1. The van der Waals surface area contributed by atoms with Gasteiger partial charge in [-0.3, -0.25) is 10.1 Å². The summed E-state index contributed by atoms with van der Waals surface area (Å²) in [6.07, 6.45) is 1.56. The highest BCUT2D eigenvalue weighted by Gasteiger charge is 2.13. The molecule has 0 saturated heterocycles. The zero-order chi connectivity index (χ0) is 15.5. The molecular formula is C17H13NO3S. The Kier molecular flexibility index (Phi) is 3.98. The average molecular weight is 311 g/mol. The van der Waals surface area contributed by atoms with Crippen LogP contribution in [-0.2, 0) is 0 Å². The molecule has 110 valence electrons. The van der Waals surface area contributed by atoms with Gasteiger partial charge in [0.05, 0.1) is 11.2 Å². The van der Waals surface area contributed by atoms with Crippen LogP contribution in [0.2, 0.25) is 0 Å². The molecule has 1 heterocycles. The van der Waals surface area contributed by atoms with Crippen molar-refractivity contribution in [1.82, 2.24) is 0 Å². The van der Waals surface area contributed by atoms with Gasteiger partial charge in [0.1, 0.15) is 5.76 Å². The van der Waals surface area contributed by atoms with E-state index < -0.39 is 0 Å². The van der Waals surface area contributed by atoms with Gasteiger partial charge in [-0.25, -0.2) is 0 Å². The molecule has 0 N–H and O–H groups in total. The van der Waals surface area contributed by atoms with Crippen LogP contribution in [0.15, 0.2) is 75.1 Å². The molecule has 0 amide bonds. The van der Waals surface area contributed by atoms with E-state index in [0.29, 0.717) is 11.3 Å². The number of nitrogens with zero attached hydrogens (tertiary/aromatic N) is 1. The maximum Gasteiger partial charge on any atom is 0.271 e. The molecule has 0 atom stereocenters. The van der Waals surface area contributed by atoms with E-state index in [1.807, 2.05) is 37.3 Å². The fourth-order valence-electron chi connectivity index (χ4n) is 2.08. The first-order valence-electron chi connectivity index (χ1n) is 6.70. The molecule has 0 fully saturated rings. The minimum Gasteiger partial charge on any atom is -0.464 e. The molecule has 0 spiro atoms. The largest absolute Gasteiger partial charge is 0.464 e. The summed E-state index contributed by atoms with van der Waals surface area (Å²) in [5, 5.41) is 11.1. The number of hydrogen-bond donors (Lipinski definition) is 0. The fraction of sp³-hybridized carbons (Fsp3) is 0.0588. The summed E-state index contributed by atoms with van der Waals surface area (Å²) in [4.78, 5) is 12.6. The normalized spacial score (nSPS) is 10.6. The quantitative estimate of drug-likeness (QED) is 0.483. The Labute approximate surface area is 131 Å². The van der Waals surface area contributed by atoms with Gasteiger partial charge >= 0.3 is 0 Å². The van der Waals surface area contributed by atoms with E-state index in [9.17, 15) is 10.1 Å². The van der Waals surface area contributed by atoms with E-state index in [4.69, 9.17) is 4.42 Å². The number of nitro benzene ring substituents is 1. The first kappa shape index (κ1) is 14.4. The molecule has 3 rings (SSSR count). The van der Waals surface area contributed by atoms with Crippen LogP contribution >= 0.6 is 11.8 Å². The molecule has 4 nitrogen and oxygen atoms in total. The first-order valence-corrected chi connectivity index (χ1v) is 7.51. The minimum absolute atomic E-state index is 0.0588. The van der Waals surface area contributed by atoms with Crippen molar-refractivity contribution in [3.63, 3.8) is 0 Å². The van der Waals surface area contributed by atoms with Crippen molar-refractivity contribution < 1.29 is 9.34 Å². The van der Waals surface area contributed by atoms with E-state index >= 15 is 0 Å². The molecule has 0 aliphatic carbocycles. The number of non-ortho nitro benzene ring substituents is 1. The van der Waals surface area contributed by atoms with Crippen molar-refractivity contribution in [3.05, 3.63) is 76.5 Å². The van der Waals surface area contributed by atoms with Crippen molar-refractivity contribution >= 4 is 17.4 Å². The van der Waals surface area contributed by atoms with Crippen molar-refractivity contribution in [2.75, 3.05) is 0 Å². The second kappa shape index (κ2) is 6.07. The van der Waals surface area contributed by atoms with Crippen LogP contribution in [0.4, 0.5) is 5.69 Å². The lowest BCUT2D eigenvalue weighted by Crippen LogP contribution is -1.89. The van der Waals surface area contributed by atoms with Crippen LogP contribution in [-0.4, -0.2) is 4.92 Å². The maximum absolute atomic E-state index is 11.1. The third-order valence-corrected chi connectivity index (χ3v) is 4.14. The Morgan fingerprint density at radius 2 is 1.82 bits per heavy atom. The molecule has 22 heavy (non-hydrogen) atoms.